The molecule has 0 aliphatic heterocycles. The summed E-state index contributed by atoms with van der Waals surface area (Å²) < 4.78 is 0. The summed E-state index contributed by atoms with van der Waals surface area (Å²) in [6.45, 7) is 1.31. The number of aromatic amines is 1. The normalized spacial score (nSPS) is 12.0. The first-order valence-electron chi connectivity index (χ1n) is 7.49. The number of carboxylic acids is 1. The molecule has 2 aromatic heterocycles. The number of carbonyl (C=O) groups is 1. The van der Waals surface area contributed by atoms with Crippen LogP contribution in [0.5, 0.6) is 0 Å². The molecule has 7 nitrogen and oxygen atoms in total. The number of aliphatic carboxylic acids is 1. The van der Waals surface area contributed by atoms with Gasteiger partial charge in [0.05, 0.1) is 0 Å². The number of pyridine rings is 1. The Morgan fingerprint density at radius 2 is 2.22 bits per heavy atom. The summed E-state index contributed by atoms with van der Waals surface area (Å²) in [6, 6.07) is 3.16. The fourth-order valence-electron chi connectivity index (χ4n) is 2.22. The molecule has 0 aromatic carbocycles. The number of nitrogens with two attached hydrogens (primary N) is 1. The third-order valence-electron chi connectivity index (χ3n) is 3.53. The highest BCUT2D eigenvalue weighted by Crippen LogP contribution is 2.14. The van der Waals surface area contributed by atoms with Crippen LogP contribution in [0.15, 0.2) is 24.5 Å². The Morgan fingerprint density at radius 1 is 1.39 bits per heavy atom. The number of rotatable bonds is 8. The number of unbranched alkanes of at least 4 members (excludes halogenated alkanes) is 1. The maximum Gasteiger partial charge on any atom is 0.320 e. The Bertz CT molecular complexity index is 673. The molecule has 8 heteroatoms. The predicted molar refractivity (Wildman–Crippen MR) is 93.0 cm³/mol. The lowest BCUT2D eigenvalue weighted by molar-refractivity contribution is -0.138. The number of hydrogen-bond donors (Lipinski definition) is 5. The number of nitrogens with zero attached hydrogens (tertiary/aromatic N) is 1. The minimum atomic E-state index is -0.955. The fraction of sp³-hybridized carbons (Fsp3) is 0.400. The second-order valence-electron chi connectivity index (χ2n) is 5.26. The van der Waals surface area contributed by atoms with Crippen LogP contribution in [0.3, 0.4) is 0 Å². The van der Waals surface area contributed by atoms with Gasteiger partial charge in [-0.2, -0.15) is 0 Å². The summed E-state index contributed by atoms with van der Waals surface area (Å²) in [6.07, 6.45) is 5.66. The number of thiocarbonyl (C=S) groups is 1. The third kappa shape index (κ3) is 5.19. The smallest absolute Gasteiger partial charge is 0.320 e. The molecule has 0 saturated carbocycles. The second-order valence-corrected chi connectivity index (χ2v) is 5.67. The van der Waals surface area contributed by atoms with Crippen LogP contribution in [0.2, 0.25) is 0 Å². The van der Waals surface area contributed by atoms with Crippen molar-refractivity contribution in [1.29, 1.82) is 0 Å². The van der Waals surface area contributed by atoms with Gasteiger partial charge in [-0.3, -0.25) is 4.79 Å². The van der Waals surface area contributed by atoms with Gasteiger partial charge in [-0.15, -0.1) is 0 Å². The molecular weight excluding hydrogens is 314 g/mol. The lowest BCUT2D eigenvalue weighted by Gasteiger charge is -2.11. The van der Waals surface area contributed by atoms with Crippen molar-refractivity contribution in [3.63, 3.8) is 0 Å². The number of nitrogens with one attached hydrogen (secondary N) is 3. The van der Waals surface area contributed by atoms with Crippen molar-refractivity contribution in [3.05, 3.63) is 30.1 Å². The summed E-state index contributed by atoms with van der Waals surface area (Å²) in [7, 11) is 0. The van der Waals surface area contributed by atoms with Gasteiger partial charge in [-0.25, -0.2) is 4.98 Å². The predicted octanol–water partition coefficient (Wildman–Crippen LogP) is 1.11. The van der Waals surface area contributed by atoms with Crippen LogP contribution in [-0.2, 0) is 11.3 Å². The molecule has 0 radical (unpaired) electrons. The van der Waals surface area contributed by atoms with Gasteiger partial charge in [0.15, 0.2) is 5.11 Å². The standard InChI is InChI=1S/C15H21N5O2S/c16-12(14(21)22)3-1-2-6-19-15(23)20-9-10-4-7-17-13-11(10)5-8-18-13/h4-5,7-8,12H,1-3,6,9,16H2,(H,17,18)(H,21,22)(H2,19,20,23). The van der Waals surface area contributed by atoms with E-state index in [1.54, 1.807) is 6.20 Å². The van der Waals surface area contributed by atoms with E-state index in [1.165, 1.54) is 0 Å². The Kier molecular flexibility index (Phi) is 6.30. The average molecular weight is 335 g/mol. The molecule has 0 saturated heterocycles. The van der Waals surface area contributed by atoms with E-state index >= 15 is 0 Å². The topological polar surface area (TPSA) is 116 Å². The highest BCUT2D eigenvalue weighted by Gasteiger charge is 2.10. The summed E-state index contributed by atoms with van der Waals surface area (Å²) in [4.78, 5) is 17.9. The van der Waals surface area contributed by atoms with E-state index in [0.717, 1.165) is 29.4 Å². The minimum Gasteiger partial charge on any atom is -0.480 e. The first kappa shape index (κ1) is 17.2. The van der Waals surface area contributed by atoms with Crippen molar-refractivity contribution in [2.45, 2.75) is 31.8 Å². The first-order valence-corrected chi connectivity index (χ1v) is 7.90. The van der Waals surface area contributed by atoms with Crippen molar-refractivity contribution < 1.29 is 9.90 Å². The van der Waals surface area contributed by atoms with Crippen LogP contribution in [0, 0.1) is 0 Å². The lowest BCUT2D eigenvalue weighted by atomic mass is 10.1. The van der Waals surface area contributed by atoms with E-state index in [1.807, 2.05) is 18.3 Å². The van der Waals surface area contributed by atoms with Crippen molar-refractivity contribution in [2.75, 3.05) is 6.54 Å². The van der Waals surface area contributed by atoms with Crippen molar-refractivity contribution >= 4 is 34.3 Å². The number of fused-ring (bicyclic) bond motifs is 1. The molecule has 2 rings (SSSR count). The Labute approximate surface area is 139 Å². The van der Waals surface area contributed by atoms with Gasteiger partial charge in [0, 0.05) is 30.9 Å². The molecule has 0 aliphatic rings. The maximum absolute atomic E-state index is 10.6. The zero-order valence-electron chi connectivity index (χ0n) is 12.7. The largest absolute Gasteiger partial charge is 0.480 e. The van der Waals surface area contributed by atoms with Gasteiger partial charge in [0.25, 0.3) is 0 Å². The molecule has 6 N–H and O–H groups in total. The van der Waals surface area contributed by atoms with Crippen molar-refractivity contribution in [1.82, 2.24) is 20.6 Å². The van der Waals surface area contributed by atoms with Crippen LogP contribution in [0.4, 0.5) is 0 Å². The quantitative estimate of drug-likeness (QED) is 0.362. The molecule has 2 aromatic rings. The summed E-state index contributed by atoms with van der Waals surface area (Å²) in [5.41, 5.74) is 7.42. The Hall–Kier alpha value is -2.19. The van der Waals surface area contributed by atoms with Gasteiger partial charge in [0.2, 0.25) is 0 Å². The molecule has 0 fully saturated rings. The highest BCUT2D eigenvalue weighted by atomic mass is 32.1. The Morgan fingerprint density at radius 3 is 3.00 bits per heavy atom. The van der Waals surface area contributed by atoms with Crippen LogP contribution in [-0.4, -0.2) is 38.7 Å². The molecule has 0 spiro atoms. The van der Waals surface area contributed by atoms with E-state index in [9.17, 15) is 4.79 Å². The van der Waals surface area contributed by atoms with E-state index in [2.05, 4.69) is 20.6 Å². The second kappa shape index (κ2) is 8.44. The zero-order chi connectivity index (χ0) is 16.7. The summed E-state index contributed by atoms with van der Waals surface area (Å²) in [5.74, 6) is -0.955. The molecule has 1 unspecified atom stereocenters. The number of hydrogen-bond acceptors (Lipinski definition) is 4. The lowest BCUT2D eigenvalue weighted by Crippen LogP contribution is -2.35. The van der Waals surface area contributed by atoms with Crippen LogP contribution in [0.25, 0.3) is 11.0 Å². The van der Waals surface area contributed by atoms with Crippen molar-refractivity contribution in [2.24, 2.45) is 5.73 Å². The SMILES string of the molecule is NC(CCCCNC(=S)NCc1ccnc2[nH]ccc12)C(=O)O. The molecule has 124 valence electrons. The molecular formula is C15H21N5O2S. The molecule has 23 heavy (non-hydrogen) atoms. The fourth-order valence-corrected chi connectivity index (χ4v) is 2.40. The van der Waals surface area contributed by atoms with Crippen molar-refractivity contribution in [3.8, 4) is 0 Å². The van der Waals surface area contributed by atoms with Crippen LogP contribution < -0.4 is 16.4 Å². The third-order valence-corrected chi connectivity index (χ3v) is 3.82. The minimum absolute atomic E-state index is 0.472. The molecule has 0 amide bonds. The molecule has 0 bridgehead atoms. The van der Waals surface area contributed by atoms with Gasteiger partial charge in [-0.05, 0) is 49.2 Å². The van der Waals surface area contributed by atoms with E-state index < -0.39 is 12.0 Å². The monoisotopic (exact) mass is 335 g/mol. The number of aromatic nitrogens is 2. The zero-order valence-corrected chi connectivity index (χ0v) is 13.5. The van der Waals surface area contributed by atoms with E-state index in [-0.39, 0.29) is 0 Å². The Balaban J connectivity index is 1.66. The highest BCUT2D eigenvalue weighted by molar-refractivity contribution is 7.80. The van der Waals surface area contributed by atoms with Crippen LogP contribution in [0.1, 0.15) is 24.8 Å². The van der Waals surface area contributed by atoms with Gasteiger partial charge >= 0.3 is 5.97 Å². The maximum atomic E-state index is 10.6. The number of H-pyrrole nitrogens is 1. The van der Waals surface area contributed by atoms with Gasteiger partial charge < -0.3 is 26.5 Å². The van der Waals surface area contributed by atoms with E-state index in [0.29, 0.717) is 24.6 Å². The summed E-state index contributed by atoms with van der Waals surface area (Å²) in [5, 5.41) is 16.6. The van der Waals surface area contributed by atoms with Gasteiger partial charge in [0.1, 0.15) is 11.7 Å². The molecule has 1 atom stereocenters. The molecule has 2 heterocycles. The van der Waals surface area contributed by atoms with Crippen LogP contribution >= 0.6 is 12.2 Å². The average Bonchev–Trinajstić information content (AvgIpc) is 3.01. The first-order chi connectivity index (χ1) is 11.1. The number of carboxylic acid groups (broad SMARTS) is 1. The van der Waals surface area contributed by atoms with Gasteiger partial charge in [-0.1, -0.05) is 0 Å². The van der Waals surface area contributed by atoms with E-state index in [4.69, 9.17) is 23.1 Å². The summed E-state index contributed by atoms with van der Waals surface area (Å²) >= 11 is 5.23. The molecule has 0 aliphatic carbocycles.